The average molecular weight is 349 g/mol. The molecule has 0 heterocycles. The molecule has 4 nitrogen and oxygen atoms in total. The summed E-state index contributed by atoms with van der Waals surface area (Å²) in [5, 5.41) is 5.92. The Labute approximate surface area is 150 Å². The van der Waals surface area contributed by atoms with Gasteiger partial charge >= 0.3 is 0 Å². The first-order chi connectivity index (χ1) is 11.2. The molecule has 0 aromatic heterocycles. The average Bonchev–Trinajstić information content (AvgIpc) is 2.57. The lowest BCUT2D eigenvalue weighted by atomic mass is 10.1. The smallest absolute Gasteiger partial charge is 0.228 e. The van der Waals surface area contributed by atoms with Crippen LogP contribution < -0.4 is 10.6 Å². The summed E-state index contributed by atoms with van der Waals surface area (Å²) in [6.45, 7) is 3.72. The van der Waals surface area contributed by atoms with E-state index in [0.717, 1.165) is 16.8 Å². The minimum atomic E-state index is -0.0612. The predicted molar refractivity (Wildman–Crippen MR) is 100 cm³/mol. The van der Waals surface area contributed by atoms with Crippen LogP contribution in [0.1, 0.15) is 18.1 Å². The van der Waals surface area contributed by atoms with Crippen molar-refractivity contribution >= 4 is 24.0 Å². The molecular weight excluding hydrogens is 324 g/mol. The summed E-state index contributed by atoms with van der Waals surface area (Å²) in [5.74, 6) is -0.0405. The first kappa shape index (κ1) is 20.2. The van der Waals surface area contributed by atoms with Crippen LogP contribution in [-0.2, 0) is 22.7 Å². The quantitative estimate of drug-likeness (QED) is 0.766. The maximum Gasteiger partial charge on any atom is 0.228 e. The van der Waals surface area contributed by atoms with Gasteiger partial charge in [0.25, 0.3) is 0 Å². The molecule has 2 aromatic carbocycles. The van der Waals surface area contributed by atoms with Crippen LogP contribution in [0.25, 0.3) is 0 Å². The van der Waals surface area contributed by atoms with Gasteiger partial charge in [0.15, 0.2) is 0 Å². The molecule has 0 radical (unpaired) electrons. The number of carbonyl (C=O) groups excluding carboxylic acids is 1. The molecule has 0 aliphatic rings. The zero-order chi connectivity index (χ0) is 16.5. The number of hydrogen-bond donors (Lipinski definition) is 2. The molecule has 1 unspecified atom stereocenters. The van der Waals surface area contributed by atoms with Crippen LogP contribution in [0.2, 0.25) is 0 Å². The van der Waals surface area contributed by atoms with Crippen LogP contribution >= 0.6 is 12.4 Å². The van der Waals surface area contributed by atoms with E-state index in [2.05, 4.69) is 10.6 Å². The third-order valence-corrected chi connectivity index (χ3v) is 3.56. The molecule has 2 N–H and O–H groups in total. The number of benzene rings is 2. The van der Waals surface area contributed by atoms with Gasteiger partial charge in [-0.05, 0) is 30.3 Å². The second-order valence-electron chi connectivity index (χ2n) is 5.62. The molecule has 0 bridgehead atoms. The van der Waals surface area contributed by atoms with E-state index in [1.807, 2.05) is 68.6 Å². The monoisotopic (exact) mass is 348 g/mol. The lowest BCUT2D eigenvalue weighted by molar-refractivity contribution is -0.119. The lowest BCUT2D eigenvalue weighted by Crippen LogP contribution is -2.28. The summed E-state index contributed by atoms with van der Waals surface area (Å²) in [4.78, 5) is 11.9. The highest BCUT2D eigenvalue weighted by atomic mass is 35.5. The number of hydrogen-bond acceptors (Lipinski definition) is 3. The van der Waals surface area contributed by atoms with Gasteiger partial charge in [-0.3, -0.25) is 4.79 Å². The van der Waals surface area contributed by atoms with Gasteiger partial charge in [0.05, 0.1) is 13.2 Å². The van der Waals surface area contributed by atoms with E-state index in [-0.39, 0.29) is 24.2 Å². The topological polar surface area (TPSA) is 50.4 Å². The Morgan fingerprint density at radius 3 is 2.17 bits per heavy atom. The number of nitrogens with one attached hydrogen (secondary N) is 2. The van der Waals surface area contributed by atoms with E-state index >= 15 is 0 Å². The molecule has 1 amide bonds. The number of rotatable bonds is 8. The molecule has 0 saturated heterocycles. The Hall–Kier alpha value is -1.88. The third-order valence-electron chi connectivity index (χ3n) is 3.56. The van der Waals surface area contributed by atoms with Gasteiger partial charge in [0, 0.05) is 18.2 Å². The maximum absolute atomic E-state index is 11.9. The minimum absolute atomic E-state index is 0. The van der Waals surface area contributed by atoms with Crippen molar-refractivity contribution in [1.82, 2.24) is 5.32 Å². The fraction of sp³-hybridized carbons (Fsp3) is 0.316. The van der Waals surface area contributed by atoms with Crippen molar-refractivity contribution in [2.75, 3.05) is 18.9 Å². The summed E-state index contributed by atoms with van der Waals surface area (Å²) in [6, 6.07) is 17.9. The summed E-state index contributed by atoms with van der Waals surface area (Å²) < 4.78 is 5.70. The van der Waals surface area contributed by atoms with E-state index in [9.17, 15) is 4.79 Å². The molecule has 0 spiro atoms. The van der Waals surface area contributed by atoms with Crippen molar-refractivity contribution in [3.8, 4) is 0 Å². The number of ether oxygens (including phenoxy) is 1. The molecule has 24 heavy (non-hydrogen) atoms. The van der Waals surface area contributed by atoms with Gasteiger partial charge in [-0.25, -0.2) is 0 Å². The van der Waals surface area contributed by atoms with Crippen LogP contribution in [-0.4, -0.2) is 19.5 Å². The van der Waals surface area contributed by atoms with Gasteiger partial charge in [-0.1, -0.05) is 49.4 Å². The van der Waals surface area contributed by atoms with E-state index in [0.29, 0.717) is 19.8 Å². The summed E-state index contributed by atoms with van der Waals surface area (Å²) >= 11 is 0. The first-order valence-electron chi connectivity index (χ1n) is 7.85. The molecule has 0 aliphatic heterocycles. The fourth-order valence-corrected chi connectivity index (χ4v) is 2.21. The Balaban J connectivity index is 0.00000288. The molecule has 2 rings (SSSR count). The van der Waals surface area contributed by atoms with E-state index < -0.39 is 0 Å². The normalized spacial score (nSPS) is 11.4. The third kappa shape index (κ3) is 6.71. The van der Waals surface area contributed by atoms with Gasteiger partial charge < -0.3 is 15.4 Å². The minimum Gasteiger partial charge on any atom is -0.372 e. The molecular formula is C19H25ClN2O2. The Morgan fingerprint density at radius 2 is 1.58 bits per heavy atom. The summed E-state index contributed by atoms with van der Waals surface area (Å²) in [5.41, 5.74) is 3.06. The number of carbonyl (C=O) groups is 1. The molecule has 2 aromatic rings. The second-order valence-corrected chi connectivity index (χ2v) is 5.62. The van der Waals surface area contributed by atoms with Gasteiger partial charge in [0.2, 0.25) is 5.91 Å². The standard InChI is InChI=1S/C19H24N2O2.ClH/c1-15(12-20-2)19(22)21-18-10-8-17(9-11-18)14-23-13-16-6-4-3-5-7-16;/h3-11,15,20H,12-14H2,1-2H3,(H,21,22);1H. The second kappa shape index (κ2) is 10.8. The number of anilines is 1. The van der Waals surface area contributed by atoms with E-state index in [1.165, 1.54) is 0 Å². The van der Waals surface area contributed by atoms with Crippen LogP contribution in [0.5, 0.6) is 0 Å². The predicted octanol–water partition coefficient (Wildman–Crippen LogP) is 3.62. The van der Waals surface area contributed by atoms with Gasteiger partial charge in [0.1, 0.15) is 0 Å². The zero-order valence-electron chi connectivity index (χ0n) is 14.1. The van der Waals surface area contributed by atoms with Crippen molar-refractivity contribution in [2.24, 2.45) is 5.92 Å². The first-order valence-corrected chi connectivity index (χ1v) is 7.85. The molecule has 0 saturated carbocycles. The van der Waals surface area contributed by atoms with Crippen molar-refractivity contribution in [3.05, 3.63) is 65.7 Å². The highest BCUT2D eigenvalue weighted by Gasteiger charge is 2.11. The fourth-order valence-electron chi connectivity index (χ4n) is 2.21. The summed E-state index contributed by atoms with van der Waals surface area (Å²) in [7, 11) is 1.84. The molecule has 130 valence electrons. The van der Waals surface area contributed by atoms with Crippen molar-refractivity contribution in [2.45, 2.75) is 20.1 Å². The van der Waals surface area contributed by atoms with Crippen LogP contribution in [0.15, 0.2) is 54.6 Å². The number of amides is 1. The SMILES string of the molecule is CNCC(C)C(=O)Nc1ccc(COCc2ccccc2)cc1.Cl. The molecule has 1 atom stereocenters. The van der Waals surface area contributed by atoms with Crippen molar-refractivity contribution in [1.29, 1.82) is 0 Å². The largest absolute Gasteiger partial charge is 0.372 e. The summed E-state index contributed by atoms with van der Waals surface area (Å²) in [6.07, 6.45) is 0. The molecule has 0 aliphatic carbocycles. The van der Waals surface area contributed by atoms with E-state index in [4.69, 9.17) is 4.74 Å². The maximum atomic E-state index is 11.9. The highest BCUT2D eigenvalue weighted by Crippen LogP contribution is 2.12. The van der Waals surface area contributed by atoms with Gasteiger partial charge in [-0.2, -0.15) is 0 Å². The number of halogens is 1. The van der Waals surface area contributed by atoms with E-state index in [1.54, 1.807) is 0 Å². The molecule has 5 heteroatoms. The lowest BCUT2D eigenvalue weighted by Gasteiger charge is -2.12. The molecule has 0 fully saturated rings. The van der Waals surface area contributed by atoms with Crippen LogP contribution in [0, 0.1) is 5.92 Å². The van der Waals surface area contributed by atoms with Crippen molar-refractivity contribution in [3.63, 3.8) is 0 Å². The Morgan fingerprint density at radius 1 is 1.00 bits per heavy atom. The van der Waals surface area contributed by atoms with Gasteiger partial charge in [-0.15, -0.1) is 12.4 Å². The Kier molecular flexibility index (Phi) is 9.08. The van der Waals surface area contributed by atoms with Crippen LogP contribution in [0.3, 0.4) is 0 Å². The Bertz CT molecular complexity index is 603. The van der Waals surface area contributed by atoms with Crippen molar-refractivity contribution < 1.29 is 9.53 Å². The zero-order valence-corrected chi connectivity index (χ0v) is 14.9. The van der Waals surface area contributed by atoms with Crippen LogP contribution in [0.4, 0.5) is 5.69 Å². The highest BCUT2D eigenvalue weighted by molar-refractivity contribution is 5.92.